The van der Waals surface area contributed by atoms with Gasteiger partial charge in [-0.3, -0.25) is 9.78 Å². The Hall–Kier alpha value is -2.41. The molecule has 2 heterocycles. The van der Waals surface area contributed by atoms with Gasteiger partial charge in [0.05, 0.1) is 6.54 Å². The average molecular weight is 277 g/mol. The largest absolute Gasteiger partial charge is 0.369 e. The Morgan fingerprint density at radius 2 is 2.05 bits per heavy atom. The van der Waals surface area contributed by atoms with Gasteiger partial charge in [0.1, 0.15) is 0 Å². The molecule has 3 rings (SSSR count). The van der Waals surface area contributed by atoms with Crippen molar-refractivity contribution in [3.63, 3.8) is 0 Å². The van der Waals surface area contributed by atoms with Gasteiger partial charge in [-0.25, -0.2) is 4.68 Å². The fraction of sp³-hybridized carbons (Fsp3) is 0.0909. The van der Waals surface area contributed by atoms with Crippen LogP contribution >= 0.6 is 11.6 Å². The highest BCUT2D eigenvalue weighted by Gasteiger charge is 2.11. The highest BCUT2D eigenvalue weighted by molar-refractivity contribution is 6.30. The summed E-state index contributed by atoms with van der Waals surface area (Å²) >= 11 is 5.82. The van der Waals surface area contributed by atoms with Crippen molar-refractivity contribution in [1.29, 1.82) is 0 Å². The molecule has 0 atom stereocenters. The number of nitrogens with two attached hydrogens (primary N) is 1. The van der Waals surface area contributed by atoms with Crippen molar-refractivity contribution in [2.45, 2.75) is 6.54 Å². The van der Waals surface area contributed by atoms with Gasteiger partial charge >= 0.3 is 0 Å². The summed E-state index contributed by atoms with van der Waals surface area (Å²) in [5.74, 6) is 0.0390. The molecule has 0 aliphatic heterocycles. The molecule has 1 aromatic carbocycles. The first kappa shape index (κ1) is 11.7. The van der Waals surface area contributed by atoms with Gasteiger partial charge in [-0.2, -0.15) is 4.98 Å². The number of nitrogens with zero attached hydrogens (tertiary/aromatic N) is 4. The maximum absolute atomic E-state index is 11.6. The second kappa shape index (κ2) is 4.36. The number of hydrogen-bond acceptors (Lipinski definition) is 5. The van der Waals surface area contributed by atoms with Gasteiger partial charge in [-0.15, -0.1) is 5.10 Å². The fourth-order valence-corrected chi connectivity index (χ4v) is 1.88. The molecule has 3 aromatic rings. The van der Waals surface area contributed by atoms with E-state index in [1.165, 1.54) is 4.68 Å². The van der Waals surface area contributed by atoms with Crippen molar-refractivity contribution < 1.29 is 0 Å². The van der Waals surface area contributed by atoms with E-state index in [4.69, 9.17) is 17.3 Å². The lowest BCUT2D eigenvalue weighted by atomic mass is 10.2. The molecular formula is C11H9ClN6O. The van der Waals surface area contributed by atoms with Crippen LogP contribution in [0.25, 0.3) is 11.2 Å². The van der Waals surface area contributed by atoms with Crippen LogP contribution in [0.3, 0.4) is 0 Å². The molecule has 0 bridgehead atoms. The van der Waals surface area contributed by atoms with E-state index in [0.717, 1.165) is 5.56 Å². The van der Waals surface area contributed by atoms with Crippen molar-refractivity contribution in [2.75, 3.05) is 5.73 Å². The number of fused-ring (bicyclic) bond motifs is 1. The van der Waals surface area contributed by atoms with Crippen molar-refractivity contribution >= 4 is 28.7 Å². The van der Waals surface area contributed by atoms with Crippen LogP contribution in [0.4, 0.5) is 5.95 Å². The minimum absolute atomic E-state index is 0.0390. The molecular weight excluding hydrogens is 268 g/mol. The maximum Gasteiger partial charge on any atom is 0.282 e. The lowest BCUT2D eigenvalue weighted by Crippen LogP contribution is -2.12. The standard InChI is InChI=1S/C11H9ClN6O/c12-7-3-1-6(2-4-7)5-18-9-8(16-17-18)10(19)15-11(13)14-9/h1-4H,5H2,(H3,13,14,15,19). The summed E-state index contributed by atoms with van der Waals surface area (Å²) < 4.78 is 1.52. The summed E-state index contributed by atoms with van der Waals surface area (Å²) in [5.41, 5.74) is 6.61. The monoisotopic (exact) mass is 276 g/mol. The third-order valence-corrected chi connectivity index (χ3v) is 2.89. The molecule has 0 radical (unpaired) electrons. The van der Waals surface area contributed by atoms with Crippen LogP contribution in [0.15, 0.2) is 29.1 Å². The quantitative estimate of drug-likeness (QED) is 0.721. The van der Waals surface area contributed by atoms with E-state index in [2.05, 4.69) is 20.3 Å². The number of halogens is 1. The Labute approximate surface area is 112 Å². The molecule has 0 aliphatic carbocycles. The molecule has 2 aromatic heterocycles. The molecule has 0 saturated carbocycles. The molecule has 8 heteroatoms. The van der Waals surface area contributed by atoms with Crippen LogP contribution in [0.1, 0.15) is 5.56 Å². The summed E-state index contributed by atoms with van der Waals surface area (Å²) in [7, 11) is 0. The summed E-state index contributed by atoms with van der Waals surface area (Å²) in [6.45, 7) is 0.434. The van der Waals surface area contributed by atoms with Crippen molar-refractivity contribution in [3.8, 4) is 0 Å². The second-order valence-corrected chi connectivity index (χ2v) is 4.43. The topological polar surface area (TPSA) is 102 Å². The zero-order chi connectivity index (χ0) is 13.4. The predicted octanol–water partition coefficient (Wildman–Crippen LogP) is 0.798. The number of rotatable bonds is 2. The van der Waals surface area contributed by atoms with E-state index < -0.39 is 5.56 Å². The van der Waals surface area contributed by atoms with Gasteiger partial charge in [0.2, 0.25) is 5.95 Å². The van der Waals surface area contributed by atoms with Gasteiger partial charge in [0.25, 0.3) is 5.56 Å². The van der Waals surface area contributed by atoms with E-state index in [1.54, 1.807) is 12.1 Å². The lowest BCUT2D eigenvalue weighted by Gasteiger charge is -2.02. The van der Waals surface area contributed by atoms with Crippen LogP contribution in [0.5, 0.6) is 0 Å². The molecule has 0 saturated heterocycles. The Balaban J connectivity index is 2.06. The number of benzene rings is 1. The Bertz CT molecular complexity index is 791. The van der Waals surface area contributed by atoms with Crippen LogP contribution in [-0.2, 0) is 6.54 Å². The molecule has 0 aliphatic rings. The fourth-order valence-electron chi connectivity index (χ4n) is 1.75. The number of aromatic nitrogens is 5. The number of H-pyrrole nitrogens is 1. The first-order valence-electron chi connectivity index (χ1n) is 5.47. The van der Waals surface area contributed by atoms with Crippen LogP contribution in [-0.4, -0.2) is 25.0 Å². The molecule has 19 heavy (non-hydrogen) atoms. The Morgan fingerprint density at radius 1 is 1.32 bits per heavy atom. The SMILES string of the molecule is Nc1nc2c(nnn2Cc2ccc(Cl)cc2)c(=O)[nH]1. The zero-order valence-corrected chi connectivity index (χ0v) is 10.4. The minimum Gasteiger partial charge on any atom is -0.369 e. The van der Waals surface area contributed by atoms with E-state index in [0.29, 0.717) is 17.2 Å². The Kier molecular flexibility index (Phi) is 2.68. The highest BCUT2D eigenvalue weighted by atomic mass is 35.5. The molecule has 96 valence electrons. The van der Waals surface area contributed by atoms with Crippen molar-refractivity contribution in [1.82, 2.24) is 25.0 Å². The van der Waals surface area contributed by atoms with E-state index in [1.807, 2.05) is 12.1 Å². The van der Waals surface area contributed by atoms with E-state index >= 15 is 0 Å². The van der Waals surface area contributed by atoms with Gasteiger partial charge in [0.15, 0.2) is 11.2 Å². The highest BCUT2D eigenvalue weighted by Crippen LogP contribution is 2.12. The van der Waals surface area contributed by atoms with E-state index in [-0.39, 0.29) is 11.5 Å². The number of nitrogens with one attached hydrogen (secondary N) is 1. The molecule has 7 nitrogen and oxygen atoms in total. The predicted molar refractivity (Wildman–Crippen MR) is 70.9 cm³/mol. The number of nitrogen functional groups attached to an aromatic ring is 1. The first-order chi connectivity index (χ1) is 9.13. The molecule has 0 spiro atoms. The van der Waals surface area contributed by atoms with E-state index in [9.17, 15) is 4.79 Å². The molecule has 0 unspecified atom stereocenters. The van der Waals surface area contributed by atoms with Gasteiger partial charge in [-0.05, 0) is 17.7 Å². The normalized spacial score (nSPS) is 11.0. The maximum atomic E-state index is 11.6. The lowest BCUT2D eigenvalue weighted by molar-refractivity contribution is 0.664. The summed E-state index contributed by atoms with van der Waals surface area (Å²) in [4.78, 5) is 18.0. The molecule has 0 fully saturated rings. The van der Waals surface area contributed by atoms with Gasteiger partial charge in [-0.1, -0.05) is 28.9 Å². The zero-order valence-electron chi connectivity index (χ0n) is 9.67. The minimum atomic E-state index is -0.398. The van der Waals surface area contributed by atoms with Crippen molar-refractivity contribution in [3.05, 3.63) is 45.2 Å². The van der Waals surface area contributed by atoms with Crippen LogP contribution in [0, 0.1) is 0 Å². The average Bonchev–Trinajstić information content (AvgIpc) is 2.76. The molecule has 0 amide bonds. The van der Waals surface area contributed by atoms with Gasteiger partial charge < -0.3 is 5.73 Å². The second-order valence-electron chi connectivity index (χ2n) is 4.00. The summed E-state index contributed by atoms with van der Waals surface area (Å²) in [5, 5.41) is 8.37. The van der Waals surface area contributed by atoms with Crippen LogP contribution < -0.4 is 11.3 Å². The Morgan fingerprint density at radius 3 is 2.79 bits per heavy atom. The third kappa shape index (κ3) is 2.15. The first-order valence-corrected chi connectivity index (χ1v) is 5.85. The molecule has 3 N–H and O–H groups in total. The van der Waals surface area contributed by atoms with Crippen LogP contribution in [0.2, 0.25) is 5.02 Å². The third-order valence-electron chi connectivity index (χ3n) is 2.64. The number of anilines is 1. The smallest absolute Gasteiger partial charge is 0.282 e. The van der Waals surface area contributed by atoms with Gasteiger partial charge in [0, 0.05) is 5.02 Å². The summed E-state index contributed by atoms with van der Waals surface area (Å²) in [6.07, 6.45) is 0. The number of hydrogen-bond donors (Lipinski definition) is 2. The number of aromatic amines is 1. The van der Waals surface area contributed by atoms with Crippen molar-refractivity contribution in [2.24, 2.45) is 0 Å². The summed E-state index contributed by atoms with van der Waals surface area (Å²) in [6, 6.07) is 7.30.